The van der Waals surface area contributed by atoms with Crippen molar-refractivity contribution in [3.8, 4) is 0 Å². The van der Waals surface area contributed by atoms with Gasteiger partial charge in [-0.25, -0.2) is 0 Å². The van der Waals surface area contributed by atoms with Gasteiger partial charge in [-0.3, -0.25) is 0 Å². The molecule has 0 aliphatic carbocycles. The van der Waals surface area contributed by atoms with Crippen LogP contribution in [0.25, 0.3) is 0 Å². The van der Waals surface area contributed by atoms with Crippen LogP contribution >= 0.6 is 15.9 Å². The van der Waals surface area contributed by atoms with Crippen LogP contribution in [-0.2, 0) is 11.2 Å². The van der Waals surface area contributed by atoms with Gasteiger partial charge in [0.25, 0.3) is 0 Å². The Kier molecular flexibility index (Phi) is 9.98. The highest BCUT2D eigenvalue weighted by Crippen LogP contribution is 2.16. The lowest BCUT2D eigenvalue weighted by Crippen LogP contribution is -2.28. The van der Waals surface area contributed by atoms with Gasteiger partial charge in [-0.1, -0.05) is 48.8 Å². The third kappa shape index (κ3) is 9.28. The van der Waals surface area contributed by atoms with Gasteiger partial charge in [-0.05, 0) is 61.9 Å². The fraction of sp³-hybridized carbons (Fsp3) is 0.667. The molecule has 1 unspecified atom stereocenters. The van der Waals surface area contributed by atoms with E-state index in [0.29, 0.717) is 11.8 Å². The molecule has 1 N–H and O–H groups in total. The number of ether oxygens (including phenoxy) is 1. The first kappa shape index (κ1) is 18.7. The van der Waals surface area contributed by atoms with Crippen molar-refractivity contribution in [1.29, 1.82) is 0 Å². The van der Waals surface area contributed by atoms with Crippen LogP contribution in [0.4, 0.5) is 0 Å². The number of benzene rings is 1. The normalized spacial score (nSPS) is 12.8. The lowest BCUT2D eigenvalue weighted by atomic mass is 9.96. The largest absolute Gasteiger partial charge is 0.381 e. The summed E-state index contributed by atoms with van der Waals surface area (Å²) in [7, 11) is 0. The Morgan fingerprint density at radius 1 is 1.10 bits per heavy atom. The van der Waals surface area contributed by atoms with Crippen LogP contribution in [0.2, 0.25) is 0 Å². The maximum atomic E-state index is 5.66. The van der Waals surface area contributed by atoms with Crippen molar-refractivity contribution in [3.63, 3.8) is 0 Å². The summed E-state index contributed by atoms with van der Waals surface area (Å²) in [5.74, 6) is 1.34. The van der Waals surface area contributed by atoms with E-state index in [-0.39, 0.29) is 0 Å². The molecule has 0 aromatic heterocycles. The van der Waals surface area contributed by atoms with Crippen molar-refractivity contribution in [2.45, 2.75) is 40.0 Å². The van der Waals surface area contributed by atoms with Gasteiger partial charge in [-0.2, -0.15) is 0 Å². The molecular weight excluding hydrogens is 326 g/mol. The van der Waals surface area contributed by atoms with E-state index in [1.807, 2.05) is 0 Å². The molecule has 3 heteroatoms. The number of nitrogens with one attached hydrogen (secondary N) is 1. The predicted molar refractivity (Wildman–Crippen MR) is 94.8 cm³/mol. The van der Waals surface area contributed by atoms with E-state index < -0.39 is 0 Å². The Labute approximate surface area is 138 Å². The van der Waals surface area contributed by atoms with E-state index in [1.54, 1.807) is 0 Å². The second-order valence-corrected chi connectivity index (χ2v) is 7.07. The van der Waals surface area contributed by atoms with Crippen molar-refractivity contribution in [1.82, 2.24) is 5.32 Å². The number of rotatable bonds is 11. The molecule has 21 heavy (non-hydrogen) atoms. The van der Waals surface area contributed by atoms with Gasteiger partial charge < -0.3 is 10.1 Å². The lowest BCUT2D eigenvalue weighted by molar-refractivity contribution is 0.120. The van der Waals surface area contributed by atoms with Crippen LogP contribution in [0.5, 0.6) is 0 Å². The van der Waals surface area contributed by atoms with Crippen LogP contribution < -0.4 is 5.32 Å². The van der Waals surface area contributed by atoms with Crippen LogP contribution in [0, 0.1) is 11.8 Å². The van der Waals surface area contributed by atoms with E-state index >= 15 is 0 Å². The molecule has 1 aromatic rings. The summed E-state index contributed by atoms with van der Waals surface area (Å²) in [5.41, 5.74) is 1.41. The highest BCUT2D eigenvalue weighted by atomic mass is 79.9. The zero-order chi connectivity index (χ0) is 15.5. The van der Waals surface area contributed by atoms with Gasteiger partial charge in [0.15, 0.2) is 0 Å². The van der Waals surface area contributed by atoms with Crippen molar-refractivity contribution in [2.75, 3.05) is 26.3 Å². The first-order chi connectivity index (χ1) is 10.1. The van der Waals surface area contributed by atoms with Gasteiger partial charge in [0, 0.05) is 17.7 Å². The number of hydrogen-bond donors (Lipinski definition) is 1. The Bertz CT molecular complexity index is 364. The van der Waals surface area contributed by atoms with E-state index in [1.165, 1.54) is 5.56 Å². The fourth-order valence-electron chi connectivity index (χ4n) is 2.30. The summed E-state index contributed by atoms with van der Waals surface area (Å²) in [5, 5.41) is 3.59. The molecule has 2 nitrogen and oxygen atoms in total. The highest BCUT2D eigenvalue weighted by molar-refractivity contribution is 9.10. The zero-order valence-corrected chi connectivity index (χ0v) is 15.3. The van der Waals surface area contributed by atoms with Crippen LogP contribution in [0.3, 0.4) is 0 Å². The molecule has 120 valence electrons. The standard InChI is InChI=1S/C18H30BrNO/c1-4-10-21-11-9-17(14-20-13-15(2)3)12-16-5-7-18(19)8-6-16/h5-8,15,17,20H,4,9-14H2,1-3H3. The first-order valence-corrected chi connectivity index (χ1v) is 8.94. The molecule has 1 atom stereocenters. The minimum absolute atomic E-state index is 0.641. The molecule has 0 bridgehead atoms. The molecule has 0 aliphatic heterocycles. The molecule has 0 heterocycles. The Hall–Kier alpha value is -0.380. The van der Waals surface area contributed by atoms with E-state index in [0.717, 1.165) is 50.0 Å². The molecule has 1 rings (SSSR count). The third-order valence-corrected chi connectivity index (χ3v) is 3.97. The quantitative estimate of drug-likeness (QED) is 0.582. The van der Waals surface area contributed by atoms with Crippen molar-refractivity contribution in [2.24, 2.45) is 11.8 Å². The second kappa shape index (κ2) is 11.2. The summed E-state index contributed by atoms with van der Waals surface area (Å²) < 4.78 is 6.81. The molecule has 0 saturated carbocycles. The lowest BCUT2D eigenvalue weighted by Gasteiger charge is -2.19. The number of hydrogen-bond acceptors (Lipinski definition) is 2. The maximum absolute atomic E-state index is 5.66. The van der Waals surface area contributed by atoms with Crippen LogP contribution in [-0.4, -0.2) is 26.3 Å². The van der Waals surface area contributed by atoms with Crippen LogP contribution in [0.1, 0.15) is 39.2 Å². The Morgan fingerprint density at radius 3 is 2.43 bits per heavy atom. The van der Waals surface area contributed by atoms with E-state index in [4.69, 9.17) is 4.74 Å². The molecule has 0 spiro atoms. The fourth-order valence-corrected chi connectivity index (χ4v) is 2.57. The average molecular weight is 356 g/mol. The SMILES string of the molecule is CCCOCCC(CNCC(C)C)Cc1ccc(Br)cc1. The van der Waals surface area contributed by atoms with Crippen molar-refractivity contribution in [3.05, 3.63) is 34.3 Å². The third-order valence-electron chi connectivity index (χ3n) is 3.44. The summed E-state index contributed by atoms with van der Waals surface area (Å²) in [4.78, 5) is 0. The van der Waals surface area contributed by atoms with Crippen molar-refractivity contribution >= 4 is 15.9 Å². The minimum Gasteiger partial charge on any atom is -0.381 e. The summed E-state index contributed by atoms with van der Waals surface area (Å²) in [6, 6.07) is 8.68. The minimum atomic E-state index is 0.641. The molecule has 0 aliphatic rings. The summed E-state index contributed by atoms with van der Waals surface area (Å²) >= 11 is 3.50. The van der Waals surface area contributed by atoms with Gasteiger partial charge >= 0.3 is 0 Å². The summed E-state index contributed by atoms with van der Waals surface area (Å²) in [6.07, 6.45) is 3.35. The van der Waals surface area contributed by atoms with Crippen LogP contribution in [0.15, 0.2) is 28.7 Å². The van der Waals surface area contributed by atoms with Crippen molar-refractivity contribution < 1.29 is 4.74 Å². The molecule has 0 radical (unpaired) electrons. The zero-order valence-electron chi connectivity index (χ0n) is 13.7. The van der Waals surface area contributed by atoms with Gasteiger partial charge in [-0.15, -0.1) is 0 Å². The average Bonchev–Trinajstić information content (AvgIpc) is 2.45. The second-order valence-electron chi connectivity index (χ2n) is 6.15. The highest BCUT2D eigenvalue weighted by Gasteiger charge is 2.10. The smallest absolute Gasteiger partial charge is 0.0469 e. The molecular formula is C18H30BrNO. The number of halogens is 1. The maximum Gasteiger partial charge on any atom is 0.0469 e. The van der Waals surface area contributed by atoms with Gasteiger partial charge in [0.2, 0.25) is 0 Å². The Balaban J connectivity index is 2.43. The molecule has 0 saturated heterocycles. The van der Waals surface area contributed by atoms with Gasteiger partial charge in [0.05, 0.1) is 0 Å². The Morgan fingerprint density at radius 2 is 1.81 bits per heavy atom. The van der Waals surface area contributed by atoms with E-state index in [2.05, 4.69) is 66.3 Å². The summed E-state index contributed by atoms with van der Waals surface area (Å²) in [6.45, 7) is 10.6. The predicted octanol–water partition coefficient (Wildman–Crippen LogP) is 4.67. The molecule has 0 amide bonds. The molecule has 0 fully saturated rings. The van der Waals surface area contributed by atoms with E-state index in [9.17, 15) is 0 Å². The first-order valence-electron chi connectivity index (χ1n) is 8.14. The monoisotopic (exact) mass is 355 g/mol. The molecule has 1 aromatic carbocycles. The van der Waals surface area contributed by atoms with Gasteiger partial charge in [0.1, 0.15) is 0 Å². The topological polar surface area (TPSA) is 21.3 Å².